The Hall–Kier alpha value is -2.77. The Bertz CT molecular complexity index is 1010. The topological polar surface area (TPSA) is 71.2 Å². The smallest absolute Gasteiger partial charge is 0.454 e. The second-order valence-electron chi connectivity index (χ2n) is 7.94. The van der Waals surface area contributed by atoms with Gasteiger partial charge < -0.3 is 15.0 Å². The maximum absolute atomic E-state index is 13.2. The molecule has 2 N–H and O–H groups in total. The molecule has 0 saturated heterocycles. The van der Waals surface area contributed by atoms with Crippen LogP contribution in [0.2, 0.25) is 0 Å². The van der Waals surface area contributed by atoms with E-state index in [9.17, 15) is 22.8 Å². The van der Waals surface area contributed by atoms with Gasteiger partial charge in [0.25, 0.3) is 5.78 Å². The number of esters is 1. The number of allylic oxidation sites excluding steroid dienone is 2. The molecule has 0 radical (unpaired) electrons. The van der Waals surface area contributed by atoms with Gasteiger partial charge in [-0.1, -0.05) is 31.0 Å². The van der Waals surface area contributed by atoms with Gasteiger partial charge in [-0.25, -0.2) is 4.79 Å². The van der Waals surface area contributed by atoms with Crippen LogP contribution in [0.3, 0.4) is 0 Å². The van der Waals surface area contributed by atoms with Crippen LogP contribution in [0.1, 0.15) is 31.2 Å². The van der Waals surface area contributed by atoms with E-state index in [0.717, 1.165) is 29.3 Å². The fraction of sp³-hybridized carbons (Fsp3) is 0.455. The monoisotopic (exact) mass is 420 g/mol. The summed E-state index contributed by atoms with van der Waals surface area (Å²) in [5, 5.41) is 3.91. The maximum Gasteiger partial charge on any atom is 0.454 e. The van der Waals surface area contributed by atoms with Crippen LogP contribution in [-0.2, 0) is 20.7 Å². The quantitative estimate of drug-likeness (QED) is 0.692. The van der Waals surface area contributed by atoms with Crippen molar-refractivity contribution in [3.63, 3.8) is 0 Å². The highest BCUT2D eigenvalue weighted by Gasteiger charge is 2.52. The van der Waals surface area contributed by atoms with Crippen molar-refractivity contribution in [2.45, 2.75) is 44.3 Å². The first kappa shape index (κ1) is 20.5. The molecule has 0 aliphatic heterocycles. The van der Waals surface area contributed by atoms with Crippen LogP contribution in [0.25, 0.3) is 10.9 Å². The van der Waals surface area contributed by atoms with Crippen molar-refractivity contribution in [3.05, 3.63) is 47.3 Å². The van der Waals surface area contributed by atoms with Gasteiger partial charge in [0.1, 0.15) is 6.04 Å². The average molecular weight is 420 g/mol. The summed E-state index contributed by atoms with van der Waals surface area (Å²) < 4.78 is 44.5. The molecule has 2 aromatic rings. The number of Topliss-reactive ketones (excluding diaryl/α,β-unsaturated/α-hetero) is 1. The Morgan fingerprint density at radius 2 is 1.90 bits per heavy atom. The number of alkyl halides is 3. The summed E-state index contributed by atoms with van der Waals surface area (Å²) in [6.07, 6.45) is 0.0565. The van der Waals surface area contributed by atoms with Crippen molar-refractivity contribution in [2.24, 2.45) is 11.8 Å². The molecule has 0 amide bonds. The number of hydrogen-bond donors (Lipinski definition) is 2. The Labute approximate surface area is 171 Å². The summed E-state index contributed by atoms with van der Waals surface area (Å²) in [5.74, 6) is -2.91. The van der Waals surface area contributed by atoms with E-state index in [0.29, 0.717) is 12.8 Å². The first-order valence-corrected chi connectivity index (χ1v) is 10.1. The molecule has 1 heterocycles. The second-order valence-corrected chi connectivity index (χ2v) is 7.94. The zero-order chi connectivity index (χ0) is 21.5. The van der Waals surface area contributed by atoms with Crippen LogP contribution < -0.4 is 5.32 Å². The number of nitrogens with one attached hydrogen (secondary N) is 2. The number of methoxy groups -OCH3 is 1. The molecule has 4 rings (SSSR count). The minimum atomic E-state index is -4.93. The Morgan fingerprint density at radius 1 is 1.20 bits per heavy atom. The van der Waals surface area contributed by atoms with Gasteiger partial charge in [0, 0.05) is 40.7 Å². The summed E-state index contributed by atoms with van der Waals surface area (Å²) in [6, 6.07) is 6.69. The van der Waals surface area contributed by atoms with E-state index < -0.39 is 24.0 Å². The minimum absolute atomic E-state index is 0.143. The van der Waals surface area contributed by atoms with Crippen LogP contribution in [0.15, 0.2) is 41.7 Å². The van der Waals surface area contributed by atoms with E-state index in [1.54, 1.807) is 6.20 Å². The lowest BCUT2D eigenvalue weighted by Crippen LogP contribution is -2.50. The number of rotatable bonds is 6. The number of fused-ring (bicyclic) bond motifs is 2. The number of para-hydroxylation sites is 1. The van der Waals surface area contributed by atoms with E-state index in [4.69, 9.17) is 4.74 Å². The van der Waals surface area contributed by atoms with Crippen molar-refractivity contribution in [3.8, 4) is 0 Å². The summed E-state index contributed by atoms with van der Waals surface area (Å²) >= 11 is 0. The number of carbonyl (C=O) groups excluding carboxylic acids is 2. The van der Waals surface area contributed by atoms with Gasteiger partial charge in [0.05, 0.1) is 7.11 Å². The lowest BCUT2D eigenvalue weighted by molar-refractivity contribution is -0.168. The van der Waals surface area contributed by atoms with Gasteiger partial charge in [-0.15, -0.1) is 0 Å². The van der Waals surface area contributed by atoms with Crippen molar-refractivity contribution in [2.75, 3.05) is 7.11 Å². The highest BCUT2D eigenvalue weighted by atomic mass is 19.4. The zero-order valence-electron chi connectivity index (χ0n) is 16.5. The van der Waals surface area contributed by atoms with Crippen LogP contribution in [0.5, 0.6) is 0 Å². The number of ketones is 1. The van der Waals surface area contributed by atoms with Gasteiger partial charge in [0.15, 0.2) is 0 Å². The molecule has 3 unspecified atom stereocenters. The zero-order valence-corrected chi connectivity index (χ0v) is 16.5. The third-order valence-corrected chi connectivity index (χ3v) is 6.21. The fourth-order valence-electron chi connectivity index (χ4n) is 4.80. The molecule has 160 valence electrons. The summed E-state index contributed by atoms with van der Waals surface area (Å²) in [4.78, 5) is 27.7. The molecule has 1 saturated carbocycles. The van der Waals surface area contributed by atoms with E-state index in [-0.39, 0.29) is 29.5 Å². The highest BCUT2D eigenvalue weighted by Crippen LogP contribution is 2.50. The number of halogens is 3. The molecule has 0 bridgehead atoms. The normalized spacial score (nSPS) is 22.3. The number of H-pyrrole nitrogens is 1. The molecule has 2 aliphatic rings. The van der Waals surface area contributed by atoms with E-state index in [1.165, 1.54) is 7.11 Å². The van der Waals surface area contributed by atoms with Gasteiger partial charge in [0.2, 0.25) is 0 Å². The Balaban J connectivity index is 1.66. The number of aromatic nitrogens is 1. The number of benzene rings is 1. The average Bonchev–Trinajstić information content (AvgIpc) is 3.13. The molecule has 2 aliphatic carbocycles. The molecule has 30 heavy (non-hydrogen) atoms. The molecular weight excluding hydrogens is 397 g/mol. The maximum atomic E-state index is 13.2. The third kappa shape index (κ3) is 3.59. The number of carbonyl (C=O) groups is 2. The second kappa shape index (κ2) is 7.81. The fourth-order valence-corrected chi connectivity index (χ4v) is 4.80. The van der Waals surface area contributed by atoms with Gasteiger partial charge in [-0.05, 0) is 30.4 Å². The van der Waals surface area contributed by atoms with Gasteiger partial charge in [-0.3, -0.25) is 4.79 Å². The SMILES string of the molecule is COC(=O)C(Cc1c[nH]c2ccccc12)NC1=C(C(=O)C(F)(F)F)C2CCCCC12. The van der Waals surface area contributed by atoms with Crippen molar-refractivity contribution in [1.82, 2.24) is 10.3 Å². The molecular formula is C22H23F3N2O3. The molecule has 5 nitrogen and oxygen atoms in total. The lowest BCUT2D eigenvalue weighted by Gasteiger charge is -2.45. The third-order valence-electron chi connectivity index (χ3n) is 6.21. The first-order chi connectivity index (χ1) is 14.3. The minimum Gasteiger partial charge on any atom is -0.467 e. The van der Waals surface area contributed by atoms with Crippen molar-refractivity contribution < 1.29 is 27.5 Å². The number of ether oxygens (including phenoxy) is 1. The largest absolute Gasteiger partial charge is 0.467 e. The predicted octanol–water partition coefficient (Wildman–Crippen LogP) is 4.05. The first-order valence-electron chi connectivity index (χ1n) is 10.1. The molecule has 1 aromatic carbocycles. The summed E-state index contributed by atoms with van der Waals surface area (Å²) in [7, 11) is 1.24. The van der Waals surface area contributed by atoms with Gasteiger partial charge >= 0.3 is 12.1 Å². The van der Waals surface area contributed by atoms with Crippen LogP contribution in [-0.4, -0.2) is 36.1 Å². The van der Waals surface area contributed by atoms with Crippen molar-refractivity contribution >= 4 is 22.7 Å². The molecule has 3 atom stereocenters. The summed E-state index contributed by atoms with van der Waals surface area (Å²) in [6.45, 7) is 0. The standard InChI is InChI=1S/C22H23F3N2O3/c1-30-21(29)17(10-12-11-26-16-9-5-4-6-13(12)16)27-19-15-8-3-2-7-14(15)18(19)20(28)22(23,24)25/h4-6,9,11,14-15,17,26-27H,2-3,7-8,10H2,1H3. The number of aromatic amines is 1. The number of hydrogen-bond acceptors (Lipinski definition) is 4. The lowest BCUT2D eigenvalue weighted by atomic mass is 9.62. The van der Waals surface area contributed by atoms with E-state index >= 15 is 0 Å². The predicted molar refractivity (Wildman–Crippen MR) is 104 cm³/mol. The molecule has 0 spiro atoms. The van der Waals surface area contributed by atoms with Crippen molar-refractivity contribution in [1.29, 1.82) is 0 Å². The highest BCUT2D eigenvalue weighted by molar-refractivity contribution is 6.02. The van der Waals surface area contributed by atoms with Crippen LogP contribution in [0.4, 0.5) is 13.2 Å². The van der Waals surface area contributed by atoms with Crippen LogP contribution >= 0.6 is 0 Å². The Kier molecular flexibility index (Phi) is 5.34. The molecule has 1 aromatic heterocycles. The van der Waals surface area contributed by atoms with Crippen LogP contribution in [0, 0.1) is 11.8 Å². The summed E-state index contributed by atoms with van der Waals surface area (Å²) in [5.41, 5.74) is 1.80. The van der Waals surface area contributed by atoms with E-state index in [1.807, 2.05) is 24.3 Å². The van der Waals surface area contributed by atoms with Gasteiger partial charge in [-0.2, -0.15) is 13.2 Å². The molecule has 8 heteroatoms. The molecule has 1 fully saturated rings. The van der Waals surface area contributed by atoms with E-state index in [2.05, 4.69) is 10.3 Å². The Morgan fingerprint density at radius 3 is 2.60 bits per heavy atom.